The molecule has 0 bridgehead atoms. The van der Waals surface area contributed by atoms with Gasteiger partial charge in [-0.15, -0.1) is 0 Å². The van der Waals surface area contributed by atoms with Gasteiger partial charge in [-0.25, -0.2) is 4.79 Å². The van der Waals surface area contributed by atoms with Gasteiger partial charge in [-0.2, -0.15) is 16.8 Å². The van der Waals surface area contributed by atoms with Crippen LogP contribution in [0.2, 0.25) is 0 Å². The van der Waals surface area contributed by atoms with E-state index in [4.69, 9.17) is 13.5 Å². The third-order valence-corrected chi connectivity index (χ3v) is 6.53. The van der Waals surface area contributed by atoms with Crippen molar-refractivity contribution in [2.24, 2.45) is 5.41 Å². The molecule has 11 nitrogen and oxygen atoms in total. The Morgan fingerprint density at radius 1 is 1.00 bits per heavy atom. The number of nitrogens with one attached hydrogen (secondary N) is 2. The van der Waals surface area contributed by atoms with E-state index in [0.717, 1.165) is 5.56 Å². The zero-order valence-electron chi connectivity index (χ0n) is 20.7. The lowest BCUT2D eigenvalue weighted by Crippen LogP contribution is -2.51. The second-order valence-electron chi connectivity index (χ2n) is 9.93. The minimum absolute atomic E-state index is 0.0354. The van der Waals surface area contributed by atoms with Crippen molar-refractivity contribution in [3.8, 4) is 0 Å². The summed E-state index contributed by atoms with van der Waals surface area (Å²) in [5.74, 6) is -1.75. The van der Waals surface area contributed by atoms with Crippen molar-refractivity contribution < 1.29 is 39.9 Å². The number of rotatable bonds is 13. The van der Waals surface area contributed by atoms with E-state index in [1.165, 1.54) is 0 Å². The Labute approximate surface area is 207 Å². The highest BCUT2D eigenvalue weighted by Crippen LogP contribution is 2.16. The summed E-state index contributed by atoms with van der Waals surface area (Å²) in [5, 5.41) is 5.29. The van der Waals surface area contributed by atoms with Crippen molar-refractivity contribution in [1.29, 1.82) is 0 Å². The van der Waals surface area contributed by atoms with Gasteiger partial charge in [0.15, 0.2) is 0 Å². The summed E-state index contributed by atoms with van der Waals surface area (Å²) in [6, 6.07) is 8.17. The van der Waals surface area contributed by atoms with Crippen molar-refractivity contribution in [3.63, 3.8) is 0 Å². The number of amides is 2. The van der Waals surface area contributed by atoms with E-state index in [9.17, 15) is 26.4 Å². The van der Waals surface area contributed by atoms with E-state index in [1.54, 1.807) is 34.6 Å². The van der Waals surface area contributed by atoms with Gasteiger partial charge in [-0.05, 0) is 32.8 Å². The molecule has 0 aliphatic heterocycles. The molecule has 200 valence electrons. The molecule has 3 N–H and O–H groups in total. The predicted molar refractivity (Wildman–Crippen MR) is 131 cm³/mol. The molecule has 1 rings (SSSR count). The molecule has 1 atom stereocenters. The van der Waals surface area contributed by atoms with Crippen molar-refractivity contribution in [2.45, 2.75) is 59.1 Å². The molecule has 0 heterocycles. The van der Waals surface area contributed by atoms with Crippen LogP contribution >= 0.6 is 0 Å². The monoisotopic (exact) mass is 536 g/mol. The third kappa shape index (κ3) is 14.7. The third-order valence-electron chi connectivity index (χ3n) is 4.46. The quantitative estimate of drug-likeness (QED) is 0.252. The first-order valence-corrected chi connectivity index (χ1v) is 14.2. The average molecular weight is 537 g/mol. The molecule has 1 aromatic carbocycles. The topological polar surface area (TPSA) is 165 Å². The molecule has 0 aliphatic rings. The first-order chi connectivity index (χ1) is 15.9. The van der Waals surface area contributed by atoms with Crippen LogP contribution in [0.15, 0.2) is 30.3 Å². The predicted octanol–water partition coefficient (Wildman–Crippen LogP) is 1.89. The van der Waals surface area contributed by atoms with Crippen molar-refractivity contribution in [1.82, 2.24) is 10.6 Å². The minimum atomic E-state index is -4.26. The smallest absolute Gasteiger partial charge is 0.408 e. The molecule has 2 amide bonds. The van der Waals surface area contributed by atoms with E-state index in [1.807, 2.05) is 30.3 Å². The summed E-state index contributed by atoms with van der Waals surface area (Å²) in [5.41, 5.74) is -0.735. The fourth-order valence-corrected chi connectivity index (χ4v) is 4.54. The molecule has 0 aliphatic carbocycles. The molecule has 35 heavy (non-hydrogen) atoms. The van der Waals surface area contributed by atoms with Crippen LogP contribution in [0.1, 0.15) is 46.6 Å². The van der Waals surface area contributed by atoms with Gasteiger partial charge in [-0.1, -0.05) is 44.2 Å². The van der Waals surface area contributed by atoms with E-state index in [-0.39, 0.29) is 26.0 Å². The SMILES string of the molecule is CC(C)(CNC(=O)C(Cc1ccccc1)NC(=O)OC(C)(C)C)COS(=O)(=O)CCCS(=O)(=O)O. The number of carbonyl (C=O) groups is 2. The second kappa shape index (κ2) is 12.7. The Balaban J connectivity index is 2.73. The second-order valence-corrected chi connectivity index (χ2v) is 13.3. The molecule has 0 spiro atoms. The molecule has 0 aromatic heterocycles. The highest BCUT2D eigenvalue weighted by molar-refractivity contribution is 7.87. The first-order valence-electron chi connectivity index (χ1n) is 11.0. The molecule has 0 saturated heterocycles. The Kier molecular flexibility index (Phi) is 11.1. The maximum atomic E-state index is 12.9. The molecule has 0 radical (unpaired) electrons. The number of ether oxygens (including phenoxy) is 1. The fraction of sp³-hybridized carbons (Fsp3) is 0.636. The molecular formula is C22H36N2O9S2. The van der Waals surface area contributed by atoms with Gasteiger partial charge in [-0.3, -0.25) is 13.5 Å². The van der Waals surface area contributed by atoms with E-state index in [2.05, 4.69) is 10.6 Å². The molecular weight excluding hydrogens is 500 g/mol. The van der Waals surface area contributed by atoms with Gasteiger partial charge in [0.2, 0.25) is 5.91 Å². The summed E-state index contributed by atoms with van der Waals surface area (Å²) in [6.45, 7) is 8.23. The van der Waals surface area contributed by atoms with Crippen LogP contribution in [0.4, 0.5) is 4.79 Å². The highest BCUT2D eigenvalue weighted by Gasteiger charge is 2.28. The molecule has 0 fully saturated rings. The maximum Gasteiger partial charge on any atom is 0.408 e. The van der Waals surface area contributed by atoms with Gasteiger partial charge in [0, 0.05) is 18.4 Å². The van der Waals surface area contributed by atoms with E-state index in [0.29, 0.717) is 0 Å². The lowest BCUT2D eigenvalue weighted by atomic mass is 9.94. The van der Waals surface area contributed by atoms with Crippen molar-refractivity contribution in [3.05, 3.63) is 35.9 Å². The average Bonchev–Trinajstić information content (AvgIpc) is 2.68. The van der Waals surface area contributed by atoms with Crippen LogP contribution in [0.3, 0.4) is 0 Å². The lowest BCUT2D eigenvalue weighted by Gasteiger charge is -2.27. The van der Waals surface area contributed by atoms with Crippen LogP contribution < -0.4 is 10.6 Å². The summed E-state index contributed by atoms with van der Waals surface area (Å²) < 4.78 is 64.4. The summed E-state index contributed by atoms with van der Waals surface area (Å²) in [4.78, 5) is 25.2. The van der Waals surface area contributed by atoms with Gasteiger partial charge in [0.1, 0.15) is 11.6 Å². The van der Waals surface area contributed by atoms with Gasteiger partial charge >= 0.3 is 6.09 Å². The number of hydrogen-bond acceptors (Lipinski definition) is 8. The summed E-state index contributed by atoms with van der Waals surface area (Å²) in [7, 11) is -8.29. The zero-order chi connectivity index (χ0) is 26.9. The Morgan fingerprint density at radius 3 is 2.14 bits per heavy atom. The van der Waals surface area contributed by atoms with Crippen LogP contribution in [0.5, 0.6) is 0 Å². The lowest BCUT2D eigenvalue weighted by molar-refractivity contribution is -0.123. The van der Waals surface area contributed by atoms with Crippen LogP contribution in [0.25, 0.3) is 0 Å². The Morgan fingerprint density at radius 2 is 1.60 bits per heavy atom. The number of benzene rings is 1. The number of alkyl carbamates (subject to hydrolysis) is 1. The van der Waals surface area contributed by atoms with Crippen molar-refractivity contribution in [2.75, 3.05) is 24.7 Å². The summed E-state index contributed by atoms with van der Waals surface area (Å²) >= 11 is 0. The van der Waals surface area contributed by atoms with E-state index < -0.39 is 60.8 Å². The standard InChI is InChI=1S/C22H36N2O9S2/c1-21(2,3)33-20(26)24-18(14-17-10-7-6-8-11-17)19(25)23-15-22(4,5)16-32-35(30,31)13-9-12-34(27,28)29/h6-8,10-11,18H,9,12-16H2,1-5H3,(H,23,25)(H,24,26)(H,27,28,29). The first kappa shape index (κ1) is 30.8. The number of carbonyl (C=O) groups excluding carboxylic acids is 2. The van der Waals surface area contributed by atoms with Crippen LogP contribution in [-0.2, 0) is 40.4 Å². The Bertz CT molecular complexity index is 1050. The molecule has 13 heteroatoms. The van der Waals surface area contributed by atoms with Gasteiger partial charge in [0.25, 0.3) is 20.2 Å². The van der Waals surface area contributed by atoms with Crippen LogP contribution in [0, 0.1) is 5.41 Å². The minimum Gasteiger partial charge on any atom is -0.444 e. The molecule has 0 saturated carbocycles. The number of hydrogen-bond donors (Lipinski definition) is 3. The largest absolute Gasteiger partial charge is 0.444 e. The zero-order valence-corrected chi connectivity index (χ0v) is 22.4. The molecule has 1 unspecified atom stereocenters. The molecule has 1 aromatic rings. The fourth-order valence-electron chi connectivity index (χ4n) is 2.74. The highest BCUT2D eigenvalue weighted by atomic mass is 32.2. The van der Waals surface area contributed by atoms with Gasteiger partial charge in [0.05, 0.1) is 18.1 Å². The van der Waals surface area contributed by atoms with Gasteiger partial charge < -0.3 is 15.4 Å². The van der Waals surface area contributed by atoms with Crippen LogP contribution in [-0.4, -0.2) is 69.7 Å². The van der Waals surface area contributed by atoms with E-state index >= 15 is 0 Å². The normalized spacial score (nSPS) is 13.7. The Hall–Kier alpha value is -2.22. The summed E-state index contributed by atoms with van der Waals surface area (Å²) in [6.07, 6.45) is -0.840. The van der Waals surface area contributed by atoms with Crippen molar-refractivity contribution >= 4 is 32.2 Å². The maximum absolute atomic E-state index is 12.9.